The molecule has 0 atom stereocenters. The summed E-state index contributed by atoms with van der Waals surface area (Å²) in [5, 5.41) is 16.8. The van der Waals surface area contributed by atoms with Gasteiger partial charge in [0.15, 0.2) is 0 Å². The first kappa shape index (κ1) is 15.2. The van der Waals surface area contributed by atoms with Crippen LogP contribution in [0.15, 0.2) is 29.8 Å². The van der Waals surface area contributed by atoms with Crippen molar-refractivity contribution in [2.24, 2.45) is 0 Å². The summed E-state index contributed by atoms with van der Waals surface area (Å²) >= 11 is 0. The third-order valence-electron chi connectivity index (χ3n) is 3.56. The number of amides is 1. The Balaban J connectivity index is 1.91. The standard InChI is InChI=1S/C15H19N3O3/c1-11-10-13(18(20)21)2-3-14(11)15(19)17-9-6-12-4-7-16-8-5-12/h2-4,10,16H,5-9H2,1H3,(H,17,19). The third kappa shape index (κ3) is 4.13. The van der Waals surface area contributed by atoms with Gasteiger partial charge in [-0.1, -0.05) is 11.6 Å². The van der Waals surface area contributed by atoms with E-state index in [-0.39, 0.29) is 11.6 Å². The molecule has 0 radical (unpaired) electrons. The molecule has 1 aromatic rings. The smallest absolute Gasteiger partial charge is 0.269 e. The molecule has 112 valence electrons. The van der Waals surface area contributed by atoms with Crippen LogP contribution in [-0.4, -0.2) is 30.5 Å². The van der Waals surface area contributed by atoms with Gasteiger partial charge >= 0.3 is 0 Å². The predicted molar refractivity (Wildman–Crippen MR) is 80.4 cm³/mol. The van der Waals surface area contributed by atoms with Crippen LogP contribution in [0.3, 0.4) is 0 Å². The quantitative estimate of drug-likeness (QED) is 0.493. The van der Waals surface area contributed by atoms with Gasteiger partial charge in [-0.15, -0.1) is 0 Å². The third-order valence-corrected chi connectivity index (χ3v) is 3.56. The van der Waals surface area contributed by atoms with Crippen LogP contribution in [-0.2, 0) is 0 Å². The maximum absolute atomic E-state index is 12.1. The average molecular weight is 289 g/mol. The lowest BCUT2D eigenvalue weighted by Crippen LogP contribution is -2.27. The van der Waals surface area contributed by atoms with E-state index in [1.807, 2.05) is 0 Å². The molecule has 0 saturated heterocycles. The van der Waals surface area contributed by atoms with Gasteiger partial charge in [0.2, 0.25) is 0 Å². The van der Waals surface area contributed by atoms with Gasteiger partial charge in [0, 0.05) is 30.8 Å². The molecule has 6 nitrogen and oxygen atoms in total. The first-order chi connectivity index (χ1) is 10.1. The topological polar surface area (TPSA) is 84.3 Å². The molecular formula is C15H19N3O3. The zero-order valence-corrected chi connectivity index (χ0v) is 12.0. The fraction of sp³-hybridized carbons (Fsp3) is 0.400. The minimum atomic E-state index is -0.460. The summed E-state index contributed by atoms with van der Waals surface area (Å²) in [4.78, 5) is 22.3. The van der Waals surface area contributed by atoms with E-state index >= 15 is 0 Å². The van der Waals surface area contributed by atoms with Crippen molar-refractivity contribution in [2.75, 3.05) is 19.6 Å². The normalized spacial score (nSPS) is 14.4. The van der Waals surface area contributed by atoms with E-state index < -0.39 is 4.92 Å². The largest absolute Gasteiger partial charge is 0.352 e. The molecule has 1 aliphatic rings. The number of benzene rings is 1. The summed E-state index contributed by atoms with van der Waals surface area (Å²) in [6, 6.07) is 4.29. The van der Waals surface area contributed by atoms with Gasteiger partial charge in [0.1, 0.15) is 0 Å². The van der Waals surface area contributed by atoms with Gasteiger partial charge in [-0.2, -0.15) is 0 Å². The van der Waals surface area contributed by atoms with Crippen molar-refractivity contribution in [1.82, 2.24) is 10.6 Å². The van der Waals surface area contributed by atoms with Gasteiger partial charge in [-0.3, -0.25) is 14.9 Å². The number of nitrogens with zero attached hydrogens (tertiary/aromatic N) is 1. The van der Waals surface area contributed by atoms with Gasteiger partial charge in [-0.25, -0.2) is 0 Å². The Labute approximate surface area is 123 Å². The SMILES string of the molecule is Cc1cc([N+](=O)[O-])ccc1C(=O)NCCC1=CCNCC1. The Morgan fingerprint density at radius 1 is 1.48 bits per heavy atom. The van der Waals surface area contributed by atoms with Crippen LogP contribution < -0.4 is 10.6 Å². The number of rotatable bonds is 5. The van der Waals surface area contributed by atoms with Crippen molar-refractivity contribution in [3.8, 4) is 0 Å². The molecule has 1 aromatic carbocycles. The molecule has 6 heteroatoms. The number of hydrogen-bond acceptors (Lipinski definition) is 4. The first-order valence-electron chi connectivity index (χ1n) is 7.00. The second kappa shape index (κ2) is 6.99. The Morgan fingerprint density at radius 2 is 2.29 bits per heavy atom. The fourth-order valence-electron chi connectivity index (χ4n) is 2.34. The fourth-order valence-corrected chi connectivity index (χ4v) is 2.34. The lowest BCUT2D eigenvalue weighted by Gasteiger charge is -2.14. The second-order valence-electron chi connectivity index (χ2n) is 5.08. The molecule has 0 fully saturated rings. The molecule has 0 aromatic heterocycles. The van der Waals surface area contributed by atoms with Gasteiger partial charge < -0.3 is 10.6 Å². The van der Waals surface area contributed by atoms with Crippen LogP contribution in [0.5, 0.6) is 0 Å². The van der Waals surface area contributed by atoms with Crippen molar-refractivity contribution in [2.45, 2.75) is 19.8 Å². The number of aryl methyl sites for hydroxylation is 1. The minimum absolute atomic E-state index is 0.00362. The van der Waals surface area contributed by atoms with E-state index in [1.165, 1.54) is 23.8 Å². The molecule has 0 saturated carbocycles. The lowest BCUT2D eigenvalue weighted by molar-refractivity contribution is -0.384. The Bertz CT molecular complexity index is 582. The van der Waals surface area contributed by atoms with E-state index in [0.29, 0.717) is 17.7 Å². The molecule has 0 spiro atoms. The number of nitro groups is 1. The summed E-state index contributed by atoms with van der Waals surface area (Å²) in [6.07, 6.45) is 4.03. The molecule has 0 unspecified atom stereocenters. The Kier molecular flexibility index (Phi) is 5.05. The molecule has 1 heterocycles. The van der Waals surface area contributed by atoms with Crippen LogP contribution in [0.1, 0.15) is 28.8 Å². The van der Waals surface area contributed by atoms with Crippen molar-refractivity contribution < 1.29 is 9.72 Å². The molecule has 1 amide bonds. The van der Waals surface area contributed by atoms with E-state index in [2.05, 4.69) is 16.7 Å². The van der Waals surface area contributed by atoms with Crippen LogP contribution in [0.25, 0.3) is 0 Å². The highest BCUT2D eigenvalue weighted by atomic mass is 16.6. The zero-order chi connectivity index (χ0) is 15.2. The maximum Gasteiger partial charge on any atom is 0.269 e. The summed E-state index contributed by atoms with van der Waals surface area (Å²) in [7, 11) is 0. The van der Waals surface area contributed by atoms with E-state index in [1.54, 1.807) is 6.92 Å². The van der Waals surface area contributed by atoms with Crippen molar-refractivity contribution >= 4 is 11.6 Å². The zero-order valence-electron chi connectivity index (χ0n) is 12.0. The summed E-state index contributed by atoms with van der Waals surface area (Å²) in [6.45, 7) is 4.17. The van der Waals surface area contributed by atoms with Gasteiger partial charge in [0.25, 0.3) is 11.6 Å². The van der Waals surface area contributed by atoms with Gasteiger partial charge in [0.05, 0.1) is 4.92 Å². The van der Waals surface area contributed by atoms with E-state index in [0.717, 1.165) is 25.9 Å². The lowest BCUT2D eigenvalue weighted by atomic mass is 10.1. The Hall–Kier alpha value is -2.21. The highest BCUT2D eigenvalue weighted by Crippen LogP contribution is 2.17. The van der Waals surface area contributed by atoms with Gasteiger partial charge in [-0.05, 0) is 37.9 Å². The second-order valence-corrected chi connectivity index (χ2v) is 5.08. The molecular weight excluding hydrogens is 270 g/mol. The van der Waals surface area contributed by atoms with Crippen molar-refractivity contribution in [1.29, 1.82) is 0 Å². The van der Waals surface area contributed by atoms with Crippen LogP contribution in [0.4, 0.5) is 5.69 Å². The number of non-ortho nitro benzene ring substituents is 1. The minimum Gasteiger partial charge on any atom is -0.352 e. The maximum atomic E-state index is 12.1. The predicted octanol–water partition coefficient (Wildman–Crippen LogP) is 1.94. The average Bonchev–Trinajstić information content (AvgIpc) is 2.48. The summed E-state index contributed by atoms with van der Waals surface area (Å²) in [5.74, 6) is -0.183. The number of hydrogen-bond donors (Lipinski definition) is 2. The van der Waals surface area contributed by atoms with Crippen LogP contribution >= 0.6 is 0 Å². The number of nitro benzene ring substituents is 1. The number of carbonyl (C=O) groups excluding carboxylic acids is 1. The van der Waals surface area contributed by atoms with E-state index in [9.17, 15) is 14.9 Å². The number of nitrogens with one attached hydrogen (secondary N) is 2. The van der Waals surface area contributed by atoms with Crippen LogP contribution in [0.2, 0.25) is 0 Å². The molecule has 0 bridgehead atoms. The van der Waals surface area contributed by atoms with Crippen LogP contribution in [0, 0.1) is 17.0 Å². The first-order valence-corrected chi connectivity index (χ1v) is 7.00. The molecule has 0 aliphatic carbocycles. The molecule has 21 heavy (non-hydrogen) atoms. The van der Waals surface area contributed by atoms with Crippen molar-refractivity contribution in [3.63, 3.8) is 0 Å². The highest BCUT2D eigenvalue weighted by molar-refractivity contribution is 5.95. The molecule has 1 aliphatic heterocycles. The number of carbonyl (C=O) groups is 1. The van der Waals surface area contributed by atoms with E-state index in [4.69, 9.17) is 0 Å². The monoisotopic (exact) mass is 289 g/mol. The summed E-state index contributed by atoms with van der Waals surface area (Å²) in [5.41, 5.74) is 2.46. The summed E-state index contributed by atoms with van der Waals surface area (Å²) < 4.78 is 0. The molecule has 2 N–H and O–H groups in total. The highest BCUT2D eigenvalue weighted by Gasteiger charge is 2.13. The van der Waals surface area contributed by atoms with Crippen molar-refractivity contribution in [3.05, 3.63) is 51.1 Å². The molecule has 2 rings (SSSR count). The Morgan fingerprint density at radius 3 is 2.90 bits per heavy atom.